The van der Waals surface area contributed by atoms with Crippen molar-refractivity contribution in [3.8, 4) is 0 Å². The Labute approximate surface area is 88.1 Å². The average molecular weight is 200 g/mol. The number of Topliss-reactive ketones (excluding diaryl/α,β-unsaturated/α-hetero) is 2. The van der Waals surface area contributed by atoms with Gasteiger partial charge in [-0.05, 0) is 6.42 Å². The van der Waals surface area contributed by atoms with Gasteiger partial charge in [0.1, 0.15) is 11.6 Å². The Hall–Kier alpha value is -0.660. The second-order valence-electron chi connectivity index (χ2n) is 4.10. The Morgan fingerprint density at radius 3 is 1.36 bits per heavy atom. The van der Waals surface area contributed by atoms with E-state index in [-0.39, 0.29) is 30.8 Å². The highest BCUT2D eigenvalue weighted by Crippen LogP contribution is 2.07. The third kappa shape index (κ3) is 6.81. The Morgan fingerprint density at radius 2 is 1.14 bits per heavy atom. The lowest BCUT2D eigenvalue weighted by molar-refractivity contribution is -0.123. The molecule has 0 radical (unpaired) electrons. The molecule has 0 amide bonds. The molecule has 14 heavy (non-hydrogen) atoms. The highest BCUT2D eigenvalue weighted by atomic mass is 16.1. The molecule has 0 atom stereocenters. The minimum atomic E-state index is 0. The van der Waals surface area contributed by atoms with E-state index in [0.717, 1.165) is 0 Å². The van der Waals surface area contributed by atoms with Crippen molar-refractivity contribution in [3.63, 3.8) is 0 Å². The maximum absolute atomic E-state index is 11.2. The van der Waals surface area contributed by atoms with Crippen molar-refractivity contribution in [2.45, 2.75) is 54.4 Å². The molecule has 0 aromatic rings. The number of hydrogen-bond donors (Lipinski definition) is 0. The molecule has 0 spiro atoms. The second kappa shape index (κ2) is 7.72. The lowest BCUT2D eigenvalue weighted by Crippen LogP contribution is -2.10. The fourth-order valence-electron chi connectivity index (χ4n) is 1.01. The quantitative estimate of drug-likeness (QED) is 0.659. The predicted molar refractivity (Wildman–Crippen MR) is 60.3 cm³/mol. The van der Waals surface area contributed by atoms with Crippen LogP contribution in [0.3, 0.4) is 0 Å². The van der Waals surface area contributed by atoms with Crippen LogP contribution in [0.15, 0.2) is 0 Å². The van der Waals surface area contributed by atoms with Gasteiger partial charge in [-0.2, -0.15) is 0 Å². The molecule has 2 nitrogen and oxygen atoms in total. The summed E-state index contributed by atoms with van der Waals surface area (Å²) in [5.41, 5.74) is 0. The van der Waals surface area contributed by atoms with Crippen molar-refractivity contribution in [3.05, 3.63) is 0 Å². The van der Waals surface area contributed by atoms with Gasteiger partial charge in [0.15, 0.2) is 0 Å². The Bertz CT molecular complexity index is 161. The molecule has 84 valence electrons. The van der Waals surface area contributed by atoms with Crippen LogP contribution in [0.5, 0.6) is 0 Å². The van der Waals surface area contributed by atoms with Crippen molar-refractivity contribution in [1.29, 1.82) is 0 Å². The summed E-state index contributed by atoms with van der Waals surface area (Å²) >= 11 is 0. The van der Waals surface area contributed by atoms with Gasteiger partial charge >= 0.3 is 0 Å². The number of carbonyl (C=O) groups is 2. The molecule has 0 fully saturated rings. The van der Waals surface area contributed by atoms with Crippen LogP contribution in [-0.4, -0.2) is 11.6 Å². The molecule has 0 aliphatic carbocycles. The standard InChI is InChI=1S/C11H20O2.CH4/c1-8(2)10(12)6-5-7-11(13)9(3)4;/h8-9H,5-7H2,1-4H3;1H4. The maximum Gasteiger partial charge on any atom is 0.135 e. The van der Waals surface area contributed by atoms with Crippen LogP contribution >= 0.6 is 0 Å². The Morgan fingerprint density at radius 1 is 0.857 bits per heavy atom. The van der Waals surface area contributed by atoms with E-state index in [0.29, 0.717) is 19.3 Å². The largest absolute Gasteiger partial charge is 0.299 e. The minimum absolute atomic E-state index is 0. The molecule has 0 rings (SSSR count). The molecule has 2 heteroatoms. The van der Waals surface area contributed by atoms with E-state index in [4.69, 9.17) is 0 Å². The molecule has 0 saturated heterocycles. The van der Waals surface area contributed by atoms with Crippen molar-refractivity contribution in [1.82, 2.24) is 0 Å². The topological polar surface area (TPSA) is 34.1 Å². The first-order chi connectivity index (χ1) is 5.95. The van der Waals surface area contributed by atoms with Gasteiger partial charge in [-0.1, -0.05) is 35.1 Å². The fraction of sp³-hybridized carbons (Fsp3) is 0.833. The summed E-state index contributed by atoms with van der Waals surface area (Å²) in [4.78, 5) is 22.4. The van der Waals surface area contributed by atoms with Gasteiger partial charge in [0.25, 0.3) is 0 Å². The van der Waals surface area contributed by atoms with Crippen LogP contribution in [0.25, 0.3) is 0 Å². The smallest absolute Gasteiger partial charge is 0.135 e. The summed E-state index contributed by atoms with van der Waals surface area (Å²) in [6.07, 6.45) is 1.82. The van der Waals surface area contributed by atoms with Crippen LogP contribution < -0.4 is 0 Å². The zero-order valence-electron chi connectivity index (χ0n) is 9.09. The van der Waals surface area contributed by atoms with Crippen molar-refractivity contribution < 1.29 is 9.59 Å². The first-order valence-electron chi connectivity index (χ1n) is 5.00. The molecule has 0 N–H and O–H groups in total. The van der Waals surface area contributed by atoms with Gasteiger partial charge < -0.3 is 0 Å². The van der Waals surface area contributed by atoms with E-state index < -0.39 is 0 Å². The Kier molecular flexibility index (Phi) is 8.71. The zero-order valence-corrected chi connectivity index (χ0v) is 9.09. The number of ketones is 2. The highest BCUT2D eigenvalue weighted by molar-refractivity contribution is 5.83. The fourth-order valence-corrected chi connectivity index (χ4v) is 1.01. The van der Waals surface area contributed by atoms with E-state index in [1.165, 1.54) is 0 Å². The molecule has 0 unspecified atom stereocenters. The number of rotatable bonds is 6. The molecule has 0 aliphatic rings. The SMILES string of the molecule is C.CC(C)C(=O)CCCC(=O)C(C)C. The lowest BCUT2D eigenvalue weighted by Gasteiger charge is -2.05. The molecule has 0 heterocycles. The maximum atomic E-state index is 11.2. The zero-order chi connectivity index (χ0) is 10.4. The van der Waals surface area contributed by atoms with Gasteiger partial charge in [0, 0.05) is 24.7 Å². The monoisotopic (exact) mass is 200 g/mol. The first kappa shape index (κ1) is 15.8. The number of carbonyl (C=O) groups excluding carboxylic acids is 2. The van der Waals surface area contributed by atoms with E-state index in [1.807, 2.05) is 27.7 Å². The van der Waals surface area contributed by atoms with Crippen LogP contribution in [0, 0.1) is 11.8 Å². The summed E-state index contributed by atoms with van der Waals surface area (Å²) in [6.45, 7) is 7.58. The third-order valence-corrected chi connectivity index (χ3v) is 2.13. The van der Waals surface area contributed by atoms with Crippen LogP contribution in [-0.2, 0) is 9.59 Å². The van der Waals surface area contributed by atoms with Gasteiger partial charge in [-0.15, -0.1) is 0 Å². The van der Waals surface area contributed by atoms with Gasteiger partial charge in [-0.25, -0.2) is 0 Å². The van der Waals surface area contributed by atoms with Gasteiger partial charge in [-0.3, -0.25) is 9.59 Å². The van der Waals surface area contributed by atoms with E-state index in [2.05, 4.69) is 0 Å². The second-order valence-corrected chi connectivity index (χ2v) is 4.10. The third-order valence-electron chi connectivity index (χ3n) is 2.13. The molecular formula is C12H24O2. The minimum Gasteiger partial charge on any atom is -0.299 e. The van der Waals surface area contributed by atoms with Gasteiger partial charge in [0.2, 0.25) is 0 Å². The van der Waals surface area contributed by atoms with E-state index in [9.17, 15) is 9.59 Å². The molecule has 0 aliphatic heterocycles. The van der Waals surface area contributed by atoms with Crippen LogP contribution in [0.2, 0.25) is 0 Å². The summed E-state index contributed by atoms with van der Waals surface area (Å²) in [5.74, 6) is 0.733. The molecule has 0 aromatic carbocycles. The summed E-state index contributed by atoms with van der Waals surface area (Å²) < 4.78 is 0. The lowest BCUT2D eigenvalue weighted by atomic mass is 9.99. The first-order valence-corrected chi connectivity index (χ1v) is 5.00. The van der Waals surface area contributed by atoms with Crippen molar-refractivity contribution in [2.75, 3.05) is 0 Å². The summed E-state index contributed by atoms with van der Waals surface area (Å²) in [7, 11) is 0. The van der Waals surface area contributed by atoms with Crippen LogP contribution in [0.4, 0.5) is 0 Å². The van der Waals surface area contributed by atoms with E-state index >= 15 is 0 Å². The summed E-state index contributed by atoms with van der Waals surface area (Å²) in [5, 5.41) is 0. The van der Waals surface area contributed by atoms with Crippen molar-refractivity contribution >= 4 is 11.6 Å². The Balaban J connectivity index is 0. The molecular weight excluding hydrogens is 176 g/mol. The predicted octanol–water partition coefficient (Wildman–Crippen LogP) is 3.24. The molecule has 0 bridgehead atoms. The molecule has 0 saturated carbocycles. The molecule has 0 aromatic heterocycles. The van der Waals surface area contributed by atoms with E-state index in [1.54, 1.807) is 0 Å². The highest BCUT2D eigenvalue weighted by Gasteiger charge is 2.10. The summed E-state index contributed by atoms with van der Waals surface area (Å²) in [6, 6.07) is 0. The van der Waals surface area contributed by atoms with Crippen LogP contribution in [0.1, 0.15) is 54.4 Å². The average Bonchev–Trinajstić information content (AvgIpc) is 2.03. The normalized spacial score (nSPS) is 10.1. The van der Waals surface area contributed by atoms with Crippen molar-refractivity contribution in [2.24, 2.45) is 11.8 Å². The number of hydrogen-bond acceptors (Lipinski definition) is 2. The van der Waals surface area contributed by atoms with Gasteiger partial charge in [0.05, 0.1) is 0 Å².